The molecule has 7 nitrogen and oxygen atoms in total. The minimum Gasteiger partial charge on any atom is -0.368 e. The summed E-state index contributed by atoms with van der Waals surface area (Å²) in [6.07, 6.45) is 5.91. The highest BCUT2D eigenvalue weighted by Crippen LogP contribution is 2.31. The van der Waals surface area contributed by atoms with Gasteiger partial charge in [0, 0.05) is 24.2 Å². The number of benzene rings is 1. The molecule has 1 amide bonds. The van der Waals surface area contributed by atoms with Gasteiger partial charge in [0.2, 0.25) is 17.8 Å². The lowest BCUT2D eigenvalue weighted by molar-refractivity contribution is -0.114. The van der Waals surface area contributed by atoms with E-state index in [0.717, 1.165) is 35.6 Å². The van der Waals surface area contributed by atoms with Crippen LogP contribution in [0.3, 0.4) is 0 Å². The third-order valence-electron chi connectivity index (χ3n) is 4.43. The Morgan fingerprint density at radius 1 is 1.16 bits per heavy atom. The van der Waals surface area contributed by atoms with Crippen molar-refractivity contribution < 1.29 is 4.79 Å². The van der Waals surface area contributed by atoms with Crippen LogP contribution in [0.25, 0.3) is 0 Å². The van der Waals surface area contributed by atoms with Crippen molar-refractivity contribution >= 4 is 29.2 Å². The molecule has 4 N–H and O–H groups in total. The highest BCUT2D eigenvalue weighted by atomic mass is 16.1. The maximum absolute atomic E-state index is 11.2. The van der Waals surface area contributed by atoms with E-state index >= 15 is 0 Å². The van der Waals surface area contributed by atoms with Gasteiger partial charge >= 0.3 is 0 Å². The molecule has 1 aromatic carbocycles. The zero-order valence-corrected chi connectivity index (χ0v) is 14.7. The van der Waals surface area contributed by atoms with Crippen molar-refractivity contribution in [1.82, 2.24) is 15.0 Å². The van der Waals surface area contributed by atoms with Crippen molar-refractivity contribution in [2.75, 3.05) is 16.4 Å². The molecule has 132 valence electrons. The number of nitrogens with one attached hydrogen (secondary N) is 2. The van der Waals surface area contributed by atoms with E-state index in [1.165, 1.54) is 26.2 Å². The Balaban J connectivity index is 1.79. The Morgan fingerprint density at radius 2 is 1.92 bits per heavy atom. The third-order valence-corrected chi connectivity index (χ3v) is 4.43. The minimum atomic E-state index is -0.0915. The second-order valence-corrected chi connectivity index (χ2v) is 6.55. The molecule has 1 fully saturated rings. The fourth-order valence-electron chi connectivity index (χ4n) is 3.21. The van der Waals surface area contributed by atoms with Gasteiger partial charge in [-0.1, -0.05) is 19.3 Å². The monoisotopic (exact) mass is 340 g/mol. The molecule has 3 rings (SSSR count). The lowest BCUT2D eigenvalue weighted by Crippen LogP contribution is -2.13. The highest BCUT2D eigenvalue weighted by molar-refractivity contribution is 5.89. The Hall–Kier alpha value is -2.70. The van der Waals surface area contributed by atoms with E-state index in [1.54, 1.807) is 0 Å². The molecule has 7 heteroatoms. The van der Waals surface area contributed by atoms with Crippen molar-refractivity contribution in [3.63, 3.8) is 0 Å². The average molecular weight is 340 g/mol. The van der Waals surface area contributed by atoms with Gasteiger partial charge in [-0.3, -0.25) is 4.79 Å². The molecule has 1 aliphatic carbocycles. The van der Waals surface area contributed by atoms with Gasteiger partial charge in [0.05, 0.1) is 0 Å². The molecule has 0 radical (unpaired) electrons. The molecular formula is C18H24N6O. The number of rotatable bonds is 4. The summed E-state index contributed by atoms with van der Waals surface area (Å²) in [5.74, 6) is 1.75. The van der Waals surface area contributed by atoms with Crippen molar-refractivity contribution in [1.29, 1.82) is 0 Å². The van der Waals surface area contributed by atoms with E-state index in [4.69, 9.17) is 5.73 Å². The predicted molar refractivity (Wildman–Crippen MR) is 98.8 cm³/mol. The van der Waals surface area contributed by atoms with Gasteiger partial charge in [0.15, 0.2) is 0 Å². The fourth-order valence-corrected chi connectivity index (χ4v) is 3.21. The Labute approximate surface area is 147 Å². The third kappa shape index (κ3) is 4.43. The van der Waals surface area contributed by atoms with Crippen LogP contribution in [0, 0.1) is 6.92 Å². The topological polar surface area (TPSA) is 106 Å². The van der Waals surface area contributed by atoms with Gasteiger partial charge in [0.25, 0.3) is 0 Å². The number of anilines is 4. The van der Waals surface area contributed by atoms with Gasteiger partial charge in [0.1, 0.15) is 5.82 Å². The quantitative estimate of drug-likeness (QED) is 0.786. The van der Waals surface area contributed by atoms with Crippen LogP contribution < -0.4 is 16.4 Å². The Bertz CT molecular complexity index is 770. The van der Waals surface area contributed by atoms with E-state index in [1.807, 2.05) is 25.1 Å². The molecular weight excluding hydrogens is 316 g/mol. The van der Waals surface area contributed by atoms with Gasteiger partial charge < -0.3 is 16.4 Å². The maximum Gasteiger partial charge on any atom is 0.232 e. The fraction of sp³-hybridized carbons (Fsp3) is 0.444. The molecule has 0 atom stereocenters. The zero-order chi connectivity index (χ0) is 17.8. The van der Waals surface area contributed by atoms with Crippen molar-refractivity contribution in [3.05, 3.63) is 29.6 Å². The van der Waals surface area contributed by atoms with Crippen LogP contribution in [-0.4, -0.2) is 20.9 Å². The van der Waals surface area contributed by atoms with Gasteiger partial charge in [-0.05, 0) is 43.5 Å². The van der Waals surface area contributed by atoms with Crippen LogP contribution in [0.2, 0.25) is 0 Å². The number of aryl methyl sites for hydroxylation is 1. The van der Waals surface area contributed by atoms with Crippen LogP contribution >= 0.6 is 0 Å². The first-order valence-electron chi connectivity index (χ1n) is 8.68. The molecule has 25 heavy (non-hydrogen) atoms. The molecule has 2 aromatic rings. The second kappa shape index (κ2) is 7.46. The number of aromatic nitrogens is 3. The summed E-state index contributed by atoms with van der Waals surface area (Å²) in [5.41, 5.74) is 8.46. The predicted octanol–water partition coefficient (Wildman–Crippen LogP) is 3.51. The normalized spacial score (nSPS) is 15.0. The molecule has 0 aliphatic heterocycles. The molecule has 1 aliphatic rings. The molecule has 0 unspecified atom stereocenters. The number of amides is 1. The molecule has 1 heterocycles. The van der Waals surface area contributed by atoms with E-state index in [0.29, 0.717) is 11.9 Å². The van der Waals surface area contributed by atoms with Crippen LogP contribution in [0.5, 0.6) is 0 Å². The Kier molecular flexibility index (Phi) is 5.11. The SMILES string of the molecule is CC(=O)Nc1ccc(Nc2nc(N)nc(C3CCCCC3)n2)cc1C. The highest BCUT2D eigenvalue weighted by Gasteiger charge is 2.19. The average Bonchev–Trinajstić information content (AvgIpc) is 2.57. The zero-order valence-electron chi connectivity index (χ0n) is 14.7. The summed E-state index contributed by atoms with van der Waals surface area (Å²) in [5, 5.41) is 5.99. The number of hydrogen-bond donors (Lipinski definition) is 3. The Morgan fingerprint density at radius 3 is 2.60 bits per heavy atom. The molecule has 0 spiro atoms. The van der Waals surface area contributed by atoms with Crippen LogP contribution in [0.4, 0.5) is 23.3 Å². The number of hydrogen-bond acceptors (Lipinski definition) is 6. The van der Waals surface area contributed by atoms with E-state index in [2.05, 4.69) is 25.6 Å². The smallest absolute Gasteiger partial charge is 0.232 e. The van der Waals surface area contributed by atoms with Crippen molar-refractivity contribution in [3.8, 4) is 0 Å². The summed E-state index contributed by atoms with van der Waals surface area (Å²) < 4.78 is 0. The number of nitrogens with zero attached hydrogens (tertiary/aromatic N) is 3. The largest absolute Gasteiger partial charge is 0.368 e. The van der Waals surface area contributed by atoms with E-state index in [-0.39, 0.29) is 11.9 Å². The number of nitrogen functional groups attached to an aromatic ring is 1. The van der Waals surface area contributed by atoms with E-state index in [9.17, 15) is 4.79 Å². The molecule has 0 saturated heterocycles. The summed E-state index contributed by atoms with van der Waals surface area (Å²) in [6.45, 7) is 3.43. The van der Waals surface area contributed by atoms with Crippen LogP contribution in [-0.2, 0) is 4.79 Å². The van der Waals surface area contributed by atoms with Crippen LogP contribution in [0.1, 0.15) is 56.3 Å². The van der Waals surface area contributed by atoms with Gasteiger partial charge in [-0.25, -0.2) is 0 Å². The second-order valence-electron chi connectivity index (χ2n) is 6.55. The lowest BCUT2D eigenvalue weighted by Gasteiger charge is -2.20. The molecule has 1 saturated carbocycles. The van der Waals surface area contributed by atoms with Crippen molar-refractivity contribution in [2.45, 2.75) is 51.9 Å². The minimum absolute atomic E-state index is 0.0915. The van der Waals surface area contributed by atoms with Crippen LogP contribution in [0.15, 0.2) is 18.2 Å². The first-order chi connectivity index (χ1) is 12.0. The summed E-state index contributed by atoms with van der Waals surface area (Å²) >= 11 is 0. The first-order valence-corrected chi connectivity index (χ1v) is 8.68. The summed E-state index contributed by atoms with van der Waals surface area (Å²) in [7, 11) is 0. The maximum atomic E-state index is 11.2. The first kappa shape index (κ1) is 17.1. The number of nitrogens with two attached hydrogens (primary N) is 1. The summed E-state index contributed by atoms with van der Waals surface area (Å²) in [6, 6.07) is 5.66. The van der Waals surface area contributed by atoms with Gasteiger partial charge in [-0.15, -0.1) is 0 Å². The van der Waals surface area contributed by atoms with E-state index < -0.39 is 0 Å². The van der Waals surface area contributed by atoms with Gasteiger partial charge in [-0.2, -0.15) is 15.0 Å². The number of carbonyl (C=O) groups excluding carboxylic acids is 1. The van der Waals surface area contributed by atoms with Crippen molar-refractivity contribution in [2.24, 2.45) is 0 Å². The molecule has 0 bridgehead atoms. The summed E-state index contributed by atoms with van der Waals surface area (Å²) in [4.78, 5) is 24.3. The standard InChI is InChI=1S/C18H24N6O/c1-11-10-14(8-9-15(11)20-12(2)25)21-18-23-16(22-17(19)24-18)13-6-4-3-5-7-13/h8-10,13H,3-7H2,1-2H3,(H,20,25)(H3,19,21,22,23,24). The lowest BCUT2D eigenvalue weighted by atomic mass is 9.89. The number of carbonyl (C=O) groups is 1. The molecule has 1 aromatic heterocycles.